The normalized spacial score (nSPS) is 10.5. The molecule has 2 aromatic rings. The van der Waals surface area contributed by atoms with Gasteiger partial charge in [-0.2, -0.15) is 0 Å². The van der Waals surface area contributed by atoms with Gasteiger partial charge in [-0.3, -0.25) is 9.59 Å². The van der Waals surface area contributed by atoms with Crippen LogP contribution in [0.15, 0.2) is 28.4 Å². The number of thiazole rings is 1. The lowest BCUT2D eigenvalue weighted by molar-refractivity contribution is -0.115. The maximum atomic E-state index is 11.8. The molecule has 20 heavy (non-hydrogen) atoms. The molecule has 1 heterocycles. The molecule has 0 unspecified atom stereocenters. The van der Waals surface area contributed by atoms with Gasteiger partial charge in [-0.05, 0) is 24.6 Å². The molecule has 0 bridgehead atoms. The van der Waals surface area contributed by atoms with Gasteiger partial charge in [-0.15, -0.1) is 0 Å². The highest BCUT2D eigenvalue weighted by Gasteiger charge is 2.05. The summed E-state index contributed by atoms with van der Waals surface area (Å²) >= 11 is 6.99. The van der Waals surface area contributed by atoms with E-state index in [1.165, 1.54) is 0 Å². The van der Waals surface area contributed by atoms with Gasteiger partial charge in [0, 0.05) is 28.3 Å². The molecule has 106 valence electrons. The molecule has 0 atom stereocenters. The number of H-pyrrole nitrogens is 1. The number of rotatable bonds is 5. The van der Waals surface area contributed by atoms with E-state index < -0.39 is 0 Å². The molecule has 0 aliphatic rings. The summed E-state index contributed by atoms with van der Waals surface area (Å²) in [4.78, 5) is 25.3. The van der Waals surface area contributed by atoms with Crippen molar-refractivity contribution in [1.82, 2.24) is 10.3 Å². The van der Waals surface area contributed by atoms with Gasteiger partial charge in [0.1, 0.15) is 0 Å². The molecule has 1 aromatic heterocycles. The summed E-state index contributed by atoms with van der Waals surface area (Å²) in [5.74, 6) is -0.159. The van der Waals surface area contributed by atoms with Gasteiger partial charge in [-0.1, -0.05) is 29.0 Å². The summed E-state index contributed by atoms with van der Waals surface area (Å²) in [7, 11) is 0. The minimum absolute atomic E-state index is 0.0965. The number of aromatic nitrogens is 1. The fourth-order valence-electron chi connectivity index (χ4n) is 1.63. The molecule has 0 fully saturated rings. The van der Waals surface area contributed by atoms with E-state index >= 15 is 0 Å². The number of nitrogens with one attached hydrogen (secondary N) is 3. The second-order valence-corrected chi connectivity index (χ2v) is 5.56. The third-order valence-electron chi connectivity index (χ3n) is 2.65. The molecule has 0 aliphatic carbocycles. The van der Waals surface area contributed by atoms with Crippen molar-refractivity contribution in [3.8, 4) is 0 Å². The summed E-state index contributed by atoms with van der Waals surface area (Å²) in [5, 5.41) is 8.06. The van der Waals surface area contributed by atoms with Crippen LogP contribution in [0.4, 0.5) is 5.69 Å². The molecular formula is C13H14ClN3O2S. The van der Waals surface area contributed by atoms with Gasteiger partial charge in [0.2, 0.25) is 5.91 Å². The number of carbonyl (C=O) groups is 1. The van der Waals surface area contributed by atoms with Crippen LogP contribution in [0.25, 0.3) is 0 Å². The van der Waals surface area contributed by atoms with Crippen LogP contribution in [-0.4, -0.2) is 17.4 Å². The first-order chi connectivity index (χ1) is 9.54. The van der Waals surface area contributed by atoms with Crippen molar-refractivity contribution in [2.24, 2.45) is 0 Å². The molecule has 1 aromatic carbocycles. The number of amides is 1. The van der Waals surface area contributed by atoms with E-state index in [9.17, 15) is 9.59 Å². The summed E-state index contributed by atoms with van der Waals surface area (Å²) in [6.45, 7) is 2.50. The van der Waals surface area contributed by atoms with Crippen molar-refractivity contribution >= 4 is 34.5 Å². The van der Waals surface area contributed by atoms with Crippen molar-refractivity contribution in [3.05, 3.63) is 49.5 Å². The van der Waals surface area contributed by atoms with Gasteiger partial charge in [0.05, 0.1) is 6.54 Å². The third kappa shape index (κ3) is 4.19. The van der Waals surface area contributed by atoms with Crippen molar-refractivity contribution < 1.29 is 4.79 Å². The summed E-state index contributed by atoms with van der Waals surface area (Å²) in [6, 6.07) is 5.34. The number of benzene rings is 1. The maximum absolute atomic E-state index is 11.8. The van der Waals surface area contributed by atoms with Crippen LogP contribution in [0.5, 0.6) is 0 Å². The maximum Gasteiger partial charge on any atom is 0.304 e. The van der Waals surface area contributed by atoms with Crippen LogP contribution in [-0.2, 0) is 11.3 Å². The molecule has 7 heteroatoms. The summed E-state index contributed by atoms with van der Waals surface area (Å²) < 4.78 is 0. The molecular weight excluding hydrogens is 298 g/mol. The predicted octanol–water partition coefficient (Wildman–Crippen LogP) is 2.13. The summed E-state index contributed by atoms with van der Waals surface area (Å²) in [5.41, 5.74) is 2.42. The summed E-state index contributed by atoms with van der Waals surface area (Å²) in [6.07, 6.45) is 0. The van der Waals surface area contributed by atoms with Gasteiger partial charge in [0.15, 0.2) is 0 Å². The van der Waals surface area contributed by atoms with Crippen LogP contribution >= 0.6 is 22.9 Å². The van der Waals surface area contributed by atoms with E-state index in [2.05, 4.69) is 15.6 Å². The van der Waals surface area contributed by atoms with Crippen molar-refractivity contribution in [2.75, 3.05) is 11.9 Å². The van der Waals surface area contributed by atoms with Crippen molar-refractivity contribution in [1.29, 1.82) is 0 Å². The zero-order valence-corrected chi connectivity index (χ0v) is 12.4. The quantitative estimate of drug-likeness (QED) is 0.792. The highest BCUT2D eigenvalue weighted by molar-refractivity contribution is 7.07. The first-order valence-electron chi connectivity index (χ1n) is 5.98. The Hall–Kier alpha value is -1.63. The number of carbonyl (C=O) groups excluding carboxylic acids is 1. The Kier molecular flexibility index (Phi) is 4.94. The van der Waals surface area contributed by atoms with Crippen LogP contribution in [0.2, 0.25) is 5.02 Å². The SMILES string of the molecule is Cc1ccc(Cl)cc1NC(=O)CNCc1csc(=O)[nH]1. The van der Waals surface area contributed by atoms with Gasteiger partial charge in [-0.25, -0.2) is 0 Å². The smallest absolute Gasteiger partial charge is 0.304 e. The van der Waals surface area contributed by atoms with Crippen molar-refractivity contribution in [2.45, 2.75) is 13.5 Å². The van der Waals surface area contributed by atoms with Crippen LogP contribution in [0.3, 0.4) is 0 Å². The first-order valence-corrected chi connectivity index (χ1v) is 7.24. The van der Waals surface area contributed by atoms with Gasteiger partial charge >= 0.3 is 4.87 Å². The highest BCUT2D eigenvalue weighted by atomic mass is 35.5. The minimum atomic E-state index is -0.159. The molecule has 1 amide bonds. The molecule has 0 aliphatic heterocycles. The van der Waals surface area contributed by atoms with Gasteiger partial charge < -0.3 is 15.6 Å². The largest absolute Gasteiger partial charge is 0.325 e. The Morgan fingerprint density at radius 1 is 1.45 bits per heavy atom. The Morgan fingerprint density at radius 3 is 2.95 bits per heavy atom. The topological polar surface area (TPSA) is 74.0 Å². The molecule has 0 saturated heterocycles. The third-order valence-corrected chi connectivity index (χ3v) is 3.60. The Labute approximate surface area is 125 Å². The van der Waals surface area contributed by atoms with Crippen molar-refractivity contribution in [3.63, 3.8) is 0 Å². The van der Waals surface area contributed by atoms with E-state index in [4.69, 9.17) is 11.6 Å². The first kappa shape index (κ1) is 14.8. The van der Waals surface area contributed by atoms with E-state index in [1.807, 2.05) is 13.0 Å². The Bertz CT molecular complexity index is 666. The molecule has 3 N–H and O–H groups in total. The predicted molar refractivity (Wildman–Crippen MR) is 81.5 cm³/mol. The average molecular weight is 312 g/mol. The van der Waals surface area contributed by atoms with Crippen LogP contribution < -0.4 is 15.5 Å². The molecule has 5 nitrogen and oxygen atoms in total. The molecule has 2 rings (SSSR count). The van der Waals surface area contributed by atoms with Crippen LogP contribution in [0.1, 0.15) is 11.3 Å². The molecule has 0 saturated carbocycles. The van der Waals surface area contributed by atoms with E-state index in [0.717, 1.165) is 22.6 Å². The fraction of sp³-hybridized carbons (Fsp3) is 0.231. The zero-order valence-electron chi connectivity index (χ0n) is 10.8. The monoisotopic (exact) mass is 311 g/mol. The second kappa shape index (κ2) is 6.69. The average Bonchev–Trinajstić information content (AvgIpc) is 2.80. The van der Waals surface area contributed by atoms with Crippen LogP contribution in [0, 0.1) is 6.92 Å². The second-order valence-electron chi connectivity index (χ2n) is 4.28. The zero-order chi connectivity index (χ0) is 14.5. The van der Waals surface area contributed by atoms with E-state index in [1.54, 1.807) is 17.5 Å². The number of hydrogen-bond acceptors (Lipinski definition) is 4. The van der Waals surface area contributed by atoms with E-state index in [0.29, 0.717) is 17.3 Å². The number of halogens is 1. The Balaban J connectivity index is 1.83. The number of aryl methyl sites for hydroxylation is 1. The van der Waals surface area contributed by atoms with Gasteiger partial charge in [0.25, 0.3) is 0 Å². The molecule has 0 radical (unpaired) electrons. The lowest BCUT2D eigenvalue weighted by atomic mass is 10.2. The number of hydrogen-bond donors (Lipinski definition) is 3. The fourth-order valence-corrected chi connectivity index (χ4v) is 2.39. The Morgan fingerprint density at radius 2 is 2.25 bits per heavy atom. The number of anilines is 1. The highest BCUT2D eigenvalue weighted by Crippen LogP contribution is 2.19. The lowest BCUT2D eigenvalue weighted by Gasteiger charge is -2.09. The van der Waals surface area contributed by atoms with E-state index in [-0.39, 0.29) is 17.3 Å². The number of aromatic amines is 1. The lowest BCUT2D eigenvalue weighted by Crippen LogP contribution is -2.28. The molecule has 0 spiro atoms. The minimum Gasteiger partial charge on any atom is -0.325 e. The standard InChI is InChI=1S/C13H14ClN3O2S/c1-8-2-3-9(14)4-11(8)17-12(18)6-15-5-10-7-20-13(19)16-10/h2-4,7,15H,5-6H2,1H3,(H,16,19)(H,17,18).